The summed E-state index contributed by atoms with van der Waals surface area (Å²) in [4.78, 5) is 0. The van der Waals surface area contributed by atoms with Gasteiger partial charge in [0.25, 0.3) is 0 Å². The molecule has 1 N–H and O–H groups in total. The van der Waals surface area contributed by atoms with Crippen molar-refractivity contribution in [1.82, 2.24) is 5.32 Å². The van der Waals surface area contributed by atoms with Crippen LogP contribution in [-0.4, -0.2) is 17.5 Å². The van der Waals surface area contributed by atoms with E-state index in [9.17, 15) is 0 Å². The van der Waals surface area contributed by atoms with Crippen LogP contribution in [0.15, 0.2) is 16.8 Å². The summed E-state index contributed by atoms with van der Waals surface area (Å²) < 4.78 is 0. The number of hydrogen-bond donors (Lipinski definition) is 1. The average Bonchev–Trinajstić information content (AvgIpc) is 2.76. The fraction of sp³-hybridized carbons (Fsp3) is 0.667. The number of thiophene rings is 1. The minimum absolute atomic E-state index is 0.528. The van der Waals surface area contributed by atoms with Gasteiger partial charge in [0.2, 0.25) is 0 Å². The van der Waals surface area contributed by atoms with Crippen LogP contribution in [0, 0.1) is 0 Å². The Morgan fingerprint density at radius 1 is 1.47 bits per heavy atom. The van der Waals surface area contributed by atoms with Crippen LogP contribution in [0.5, 0.6) is 0 Å². The fourth-order valence-electron chi connectivity index (χ4n) is 1.37. The van der Waals surface area contributed by atoms with Crippen LogP contribution in [0.2, 0.25) is 0 Å². The molecule has 0 aliphatic rings. The topological polar surface area (TPSA) is 12.0 Å². The maximum atomic E-state index is 3.55. The van der Waals surface area contributed by atoms with E-state index in [1.165, 1.54) is 17.7 Å². The smallest absolute Gasteiger partial charge is 0.0420 e. The van der Waals surface area contributed by atoms with E-state index in [2.05, 4.69) is 54.7 Å². The lowest BCUT2D eigenvalue weighted by atomic mass is 10.2. The molecule has 0 aromatic carbocycles. The summed E-state index contributed by atoms with van der Waals surface area (Å²) in [5, 5.41) is 8.73. The standard InChI is InChI=1S/C12H21NS2/c1-4-10(3)15-9-12(13-5-2)11-6-7-14-8-11/h6-8,10,12-13H,4-5,9H2,1-3H3. The molecule has 1 aromatic rings. The van der Waals surface area contributed by atoms with Crippen LogP contribution < -0.4 is 5.32 Å². The van der Waals surface area contributed by atoms with Crippen LogP contribution in [0.25, 0.3) is 0 Å². The number of nitrogens with one attached hydrogen (secondary N) is 1. The second-order valence-electron chi connectivity index (χ2n) is 3.72. The molecule has 0 fully saturated rings. The Balaban J connectivity index is 2.44. The van der Waals surface area contributed by atoms with Crippen molar-refractivity contribution >= 4 is 23.1 Å². The first-order valence-electron chi connectivity index (χ1n) is 5.65. The predicted molar refractivity (Wildman–Crippen MR) is 72.9 cm³/mol. The second kappa shape index (κ2) is 7.31. The van der Waals surface area contributed by atoms with Crippen molar-refractivity contribution in [3.63, 3.8) is 0 Å². The maximum Gasteiger partial charge on any atom is 0.0420 e. The monoisotopic (exact) mass is 243 g/mol. The molecule has 0 saturated heterocycles. The molecule has 15 heavy (non-hydrogen) atoms. The largest absolute Gasteiger partial charge is 0.309 e. The Kier molecular flexibility index (Phi) is 6.37. The zero-order valence-corrected chi connectivity index (χ0v) is 11.5. The summed E-state index contributed by atoms with van der Waals surface area (Å²) >= 11 is 3.85. The second-order valence-corrected chi connectivity index (χ2v) is 5.97. The molecule has 1 nitrogen and oxygen atoms in total. The van der Waals surface area contributed by atoms with Gasteiger partial charge >= 0.3 is 0 Å². The zero-order chi connectivity index (χ0) is 11.1. The van der Waals surface area contributed by atoms with Crippen LogP contribution >= 0.6 is 23.1 Å². The van der Waals surface area contributed by atoms with Gasteiger partial charge in [0.05, 0.1) is 0 Å². The molecule has 0 radical (unpaired) electrons. The highest BCUT2D eigenvalue weighted by Gasteiger charge is 2.11. The third kappa shape index (κ3) is 4.58. The van der Waals surface area contributed by atoms with Crippen LogP contribution in [0.4, 0.5) is 0 Å². The van der Waals surface area contributed by atoms with E-state index < -0.39 is 0 Å². The average molecular weight is 243 g/mol. The number of hydrogen-bond acceptors (Lipinski definition) is 3. The van der Waals surface area contributed by atoms with Gasteiger partial charge in [-0.25, -0.2) is 0 Å². The Morgan fingerprint density at radius 2 is 2.27 bits per heavy atom. The molecule has 86 valence electrons. The molecule has 1 heterocycles. The van der Waals surface area contributed by atoms with E-state index in [-0.39, 0.29) is 0 Å². The number of thioether (sulfide) groups is 1. The van der Waals surface area contributed by atoms with Crippen molar-refractivity contribution in [2.24, 2.45) is 0 Å². The lowest BCUT2D eigenvalue weighted by Crippen LogP contribution is -2.23. The van der Waals surface area contributed by atoms with Crippen molar-refractivity contribution < 1.29 is 0 Å². The van der Waals surface area contributed by atoms with Crippen LogP contribution in [0.3, 0.4) is 0 Å². The minimum atomic E-state index is 0.528. The Hall–Kier alpha value is 0.01000. The number of rotatable bonds is 7. The molecule has 0 aliphatic heterocycles. The summed E-state index contributed by atoms with van der Waals surface area (Å²) in [5.74, 6) is 1.18. The van der Waals surface area contributed by atoms with Crippen molar-refractivity contribution in [3.05, 3.63) is 22.4 Å². The molecule has 0 amide bonds. The Labute approximate surface area is 102 Å². The molecule has 0 aliphatic carbocycles. The fourth-order valence-corrected chi connectivity index (χ4v) is 3.15. The van der Waals surface area contributed by atoms with Gasteiger partial charge in [0.15, 0.2) is 0 Å². The molecule has 2 atom stereocenters. The molecule has 0 bridgehead atoms. The summed E-state index contributed by atoms with van der Waals surface area (Å²) in [6.45, 7) is 7.78. The summed E-state index contributed by atoms with van der Waals surface area (Å²) in [6.07, 6.45) is 1.26. The van der Waals surface area contributed by atoms with Gasteiger partial charge in [-0.1, -0.05) is 20.8 Å². The molecule has 0 saturated carbocycles. The lowest BCUT2D eigenvalue weighted by molar-refractivity contribution is 0.606. The SMILES string of the molecule is CCNC(CSC(C)CC)c1ccsc1. The van der Waals surface area contributed by atoms with E-state index in [0.29, 0.717) is 6.04 Å². The van der Waals surface area contributed by atoms with Crippen LogP contribution in [-0.2, 0) is 0 Å². The first kappa shape index (κ1) is 13.1. The molecule has 0 spiro atoms. The van der Waals surface area contributed by atoms with Gasteiger partial charge in [-0.15, -0.1) is 0 Å². The normalized spacial score (nSPS) is 15.1. The van der Waals surface area contributed by atoms with Crippen LogP contribution in [0.1, 0.15) is 38.8 Å². The molecule has 2 unspecified atom stereocenters. The van der Waals surface area contributed by atoms with Gasteiger partial charge < -0.3 is 5.32 Å². The molecular weight excluding hydrogens is 222 g/mol. The molecule has 1 aromatic heterocycles. The van der Waals surface area contributed by atoms with E-state index >= 15 is 0 Å². The zero-order valence-electron chi connectivity index (χ0n) is 9.82. The summed E-state index contributed by atoms with van der Waals surface area (Å²) in [7, 11) is 0. The lowest BCUT2D eigenvalue weighted by Gasteiger charge is -2.18. The predicted octanol–water partition coefficient (Wildman–Crippen LogP) is 3.93. The van der Waals surface area contributed by atoms with Gasteiger partial charge in [-0.05, 0) is 35.4 Å². The van der Waals surface area contributed by atoms with Crippen molar-refractivity contribution in [3.8, 4) is 0 Å². The first-order chi connectivity index (χ1) is 7.27. The molecule has 1 rings (SSSR count). The van der Waals surface area contributed by atoms with E-state index in [4.69, 9.17) is 0 Å². The maximum absolute atomic E-state index is 3.55. The summed E-state index contributed by atoms with van der Waals surface area (Å²) in [5.41, 5.74) is 1.44. The van der Waals surface area contributed by atoms with Crippen molar-refractivity contribution in [1.29, 1.82) is 0 Å². The highest BCUT2D eigenvalue weighted by molar-refractivity contribution is 7.99. The van der Waals surface area contributed by atoms with Gasteiger partial charge in [0, 0.05) is 17.0 Å². The summed E-state index contributed by atoms with van der Waals surface area (Å²) in [6, 6.07) is 2.76. The quantitative estimate of drug-likeness (QED) is 0.779. The van der Waals surface area contributed by atoms with E-state index in [1.807, 2.05) is 0 Å². The Bertz CT molecular complexity index is 246. The van der Waals surface area contributed by atoms with Gasteiger partial charge in [-0.3, -0.25) is 0 Å². The van der Waals surface area contributed by atoms with Crippen molar-refractivity contribution in [2.75, 3.05) is 12.3 Å². The minimum Gasteiger partial charge on any atom is -0.309 e. The molecular formula is C12H21NS2. The third-order valence-electron chi connectivity index (χ3n) is 2.52. The third-order valence-corrected chi connectivity index (χ3v) is 4.65. The highest BCUT2D eigenvalue weighted by Crippen LogP contribution is 2.24. The first-order valence-corrected chi connectivity index (χ1v) is 7.64. The molecule has 3 heteroatoms. The van der Waals surface area contributed by atoms with Gasteiger partial charge in [-0.2, -0.15) is 23.1 Å². The highest BCUT2D eigenvalue weighted by atomic mass is 32.2. The van der Waals surface area contributed by atoms with Crippen molar-refractivity contribution in [2.45, 2.75) is 38.5 Å². The van der Waals surface area contributed by atoms with E-state index in [1.54, 1.807) is 11.3 Å². The van der Waals surface area contributed by atoms with Gasteiger partial charge in [0.1, 0.15) is 0 Å². The van der Waals surface area contributed by atoms with E-state index in [0.717, 1.165) is 11.8 Å². The Morgan fingerprint density at radius 3 is 2.80 bits per heavy atom.